The predicted octanol–water partition coefficient (Wildman–Crippen LogP) is 4.04. The molecule has 1 heterocycles. The summed E-state index contributed by atoms with van der Waals surface area (Å²) >= 11 is 1.79. The zero-order valence-electron chi connectivity index (χ0n) is 14.2. The van der Waals surface area contributed by atoms with Gasteiger partial charge < -0.3 is 4.74 Å². The van der Waals surface area contributed by atoms with E-state index in [-0.39, 0.29) is 5.78 Å². The second-order valence-electron chi connectivity index (χ2n) is 5.76. The number of hydrogen-bond acceptors (Lipinski definition) is 4. The fourth-order valence-corrected chi connectivity index (χ4v) is 3.92. The normalized spacial score (nSPS) is 18.3. The van der Waals surface area contributed by atoms with Gasteiger partial charge in [-0.3, -0.25) is 9.69 Å². The molecule has 1 unspecified atom stereocenters. The summed E-state index contributed by atoms with van der Waals surface area (Å²) < 4.78 is 5.46. The zero-order chi connectivity index (χ0) is 16.7. The number of thioether (sulfide) groups is 1. The SMILES string of the molecule is C=CCC(CC)(C(=O)c1ccc(SCC)cc1)N1CCOCC1. The molecule has 0 aliphatic carbocycles. The number of benzene rings is 1. The Bertz CT molecular complexity index is 523. The minimum atomic E-state index is -0.495. The lowest BCUT2D eigenvalue weighted by Crippen LogP contribution is -2.57. The van der Waals surface area contributed by atoms with Crippen LogP contribution in [0.25, 0.3) is 0 Å². The molecule has 1 saturated heterocycles. The monoisotopic (exact) mass is 333 g/mol. The van der Waals surface area contributed by atoms with Crippen LogP contribution in [-0.2, 0) is 4.74 Å². The molecule has 0 radical (unpaired) electrons. The highest BCUT2D eigenvalue weighted by Gasteiger charge is 2.42. The molecular formula is C19H27NO2S. The molecule has 4 heteroatoms. The van der Waals surface area contributed by atoms with Crippen molar-refractivity contribution in [3.05, 3.63) is 42.5 Å². The first-order valence-corrected chi connectivity index (χ1v) is 9.38. The fourth-order valence-electron chi connectivity index (χ4n) is 3.26. The molecule has 3 nitrogen and oxygen atoms in total. The van der Waals surface area contributed by atoms with Crippen LogP contribution >= 0.6 is 11.8 Å². The number of Topliss-reactive ketones (excluding diaryl/α,β-unsaturated/α-hetero) is 1. The Morgan fingerprint density at radius 3 is 2.48 bits per heavy atom. The summed E-state index contributed by atoms with van der Waals surface area (Å²) in [4.78, 5) is 16.8. The number of carbonyl (C=O) groups excluding carboxylic acids is 1. The topological polar surface area (TPSA) is 29.5 Å². The highest BCUT2D eigenvalue weighted by atomic mass is 32.2. The quantitative estimate of drug-likeness (QED) is 0.408. The Morgan fingerprint density at radius 1 is 1.30 bits per heavy atom. The molecule has 0 aromatic heterocycles. The van der Waals surface area contributed by atoms with Crippen molar-refractivity contribution >= 4 is 17.5 Å². The van der Waals surface area contributed by atoms with E-state index in [4.69, 9.17) is 4.74 Å². The summed E-state index contributed by atoms with van der Waals surface area (Å²) in [5.41, 5.74) is 0.297. The van der Waals surface area contributed by atoms with Gasteiger partial charge in [0.25, 0.3) is 0 Å². The molecule has 126 valence electrons. The van der Waals surface area contributed by atoms with Gasteiger partial charge in [-0.2, -0.15) is 0 Å². The Labute approximate surface area is 144 Å². The van der Waals surface area contributed by atoms with Crippen molar-refractivity contribution in [2.24, 2.45) is 0 Å². The third kappa shape index (κ3) is 4.06. The van der Waals surface area contributed by atoms with Gasteiger partial charge in [-0.05, 0) is 30.7 Å². The van der Waals surface area contributed by atoms with E-state index in [1.807, 2.05) is 18.2 Å². The Kier molecular flexibility index (Phi) is 6.88. The number of ketones is 1. The van der Waals surface area contributed by atoms with E-state index in [0.717, 1.165) is 30.8 Å². The van der Waals surface area contributed by atoms with Crippen LogP contribution in [0.3, 0.4) is 0 Å². The van der Waals surface area contributed by atoms with Crippen molar-refractivity contribution in [3.8, 4) is 0 Å². The second kappa shape index (κ2) is 8.67. The first-order chi connectivity index (χ1) is 11.2. The highest BCUT2D eigenvalue weighted by molar-refractivity contribution is 7.99. The van der Waals surface area contributed by atoms with Crippen molar-refractivity contribution in [2.45, 2.75) is 37.1 Å². The lowest BCUT2D eigenvalue weighted by molar-refractivity contribution is -0.0154. The molecule has 1 aliphatic rings. The molecule has 1 fully saturated rings. The summed E-state index contributed by atoms with van der Waals surface area (Å²) in [6, 6.07) is 8.03. The largest absolute Gasteiger partial charge is 0.379 e. The van der Waals surface area contributed by atoms with E-state index in [1.54, 1.807) is 11.8 Å². The third-order valence-electron chi connectivity index (χ3n) is 4.53. The van der Waals surface area contributed by atoms with Gasteiger partial charge in [0, 0.05) is 23.5 Å². The third-order valence-corrected chi connectivity index (χ3v) is 5.43. The molecule has 2 rings (SSSR count). The Hall–Kier alpha value is -1.10. The molecular weight excluding hydrogens is 306 g/mol. The van der Waals surface area contributed by atoms with Gasteiger partial charge in [0.05, 0.1) is 18.8 Å². The summed E-state index contributed by atoms with van der Waals surface area (Å²) in [7, 11) is 0. The number of hydrogen-bond donors (Lipinski definition) is 0. The highest BCUT2D eigenvalue weighted by Crippen LogP contribution is 2.31. The van der Waals surface area contributed by atoms with Crippen LogP contribution in [0.15, 0.2) is 41.8 Å². The van der Waals surface area contributed by atoms with Crippen LogP contribution in [0.5, 0.6) is 0 Å². The molecule has 0 saturated carbocycles. The van der Waals surface area contributed by atoms with Gasteiger partial charge in [0.15, 0.2) is 5.78 Å². The fraction of sp³-hybridized carbons (Fsp3) is 0.526. The molecule has 0 spiro atoms. The van der Waals surface area contributed by atoms with Crippen molar-refractivity contribution in [3.63, 3.8) is 0 Å². The average molecular weight is 333 g/mol. The zero-order valence-corrected chi connectivity index (χ0v) is 15.0. The van der Waals surface area contributed by atoms with Gasteiger partial charge in [-0.25, -0.2) is 0 Å². The maximum atomic E-state index is 13.3. The summed E-state index contributed by atoms with van der Waals surface area (Å²) in [5.74, 6) is 1.24. The van der Waals surface area contributed by atoms with Gasteiger partial charge in [0.1, 0.15) is 0 Å². The predicted molar refractivity (Wildman–Crippen MR) is 97.4 cm³/mol. The Morgan fingerprint density at radius 2 is 1.96 bits per heavy atom. The van der Waals surface area contributed by atoms with Gasteiger partial charge >= 0.3 is 0 Å². The number of rotatable bonds is 8. The van der Waals surface area contributed by atoms with E-state index in [0.29, 0.717) is 19.6 Å². The lowest BCUT2D eigenvalue weighted by Gasteiger charge is -2.43. The standard InChI is InChI=1S/C19H27NO2S/c1-4-11-19(5-2,20-12-14-22-15-13-20)18(21)16-7-9-17(10-8-16)23-6-3/h4,7-10H,1,5-6,11-15H2,2-3H3. The second-order valence-corrected chi connectivity index (χ2v) is 7.10. The number of carbonyl (C=O) groups is 1. The van der Waals surface area contributed by atoms with E-state index >= 15 is 0 Å². The first kappa shape index (κ1) is 18.2. The Balaban J connectivity index is 2.29. The van der Waals surface area contributed by atoms with Crippen LogP contribution in [-0.4, -0.2) is 48.3 Å². The van der Waals surface area contributed by atoms with Crippen molar-refractivity contribution < 1.29 is 9.53 Å². The van der Waals surface area contributed by atoms with Crippen LogP contribution in [0.4, 0.5) is 0 Å². The van der Waals surface area contributed by atoms with Gasteiger partial charge in [-0.1, -0.05) is 32.1 Å². The number of nitrogens with zero attached hydrogens (tertiary/aromatic N) is 1. The van der Waals surface area contributed by atoms with Crippen LogP contribution in [0, 0.1) is 0 Å². The molecule has 23 heavy (non-hydrogen) atoms. The molecule has 0 amide bonds. The summed E-state index contributed by atoms with van der Waals surface area (Å²) in [6.07, 6.45) is 3.33. The van der Waals surface area contributed by atoms with Crippen LogP contribution in [0.2, 0.25) is 0 Å². The van der Waals surface area contributed by atoms with Crippen LogP contribution in [0.1, 0.15) is 37.0 Å². The maximum absolute atomic E-state index is 13.3. The molecule has 0 bridgehead atoms. The van der Waals surface area contributed by atoms with E-state index in [1.165, 1.54) is 4.90 Å². The van der Waals surface area contributed by atoms with E-state index < -0.39 is 5.54 Å². The first-order valence-electron chi connectivity index (χ1n) is 8.39. The minimum absolute atomic E-state index is 0.204. The molecule has 0 N–H and O–H groups in total. The number of ether oxygens (including phenoxy) is 1. The van der Waals surface area contributed by atoms with E-state index in [2.05, 4.69) is 37.5 Å². The minimum Gasteiger partial charge on any atom is -0.379 e. The van der Waals surface area contributed by atoms with E-state index in [9.17, 15) is 4.79 Å². The smallest absolute Gasteiger partial charge is 0.183 e. The maximum Gasteiger partial charge on any atom is 0.183 e. The van der Waals surface area contributed by atoms with Crippen LogP contribution < -0.4 is 0 Å². The van der Waals surface area contributed by atoms with Gasteiger partial charge in [0.2, 0.25) is 0 Å². The summed E-state index contributed by atoms with van der Waals surface area (Å²) in [5, 5.41) is 0. The molecule has 1 aromatic carbocycles. The van der Waals surface area contributed by atoms with Crippen molar-refractivity contribution in [2.75, 3.05) is 32.1 Å². The molecule has 1 aromatic rings. The molecule has 1 atom stereocenters. The molecule has 1 aliphatic heterocycles. The number of morpholine rings is 1. The van der Waals surface area contributed by atoms with Gasteiger partial charge in [-0.15, -0.1) is 18.3 Å². The lowest BCUT2D eigenvalue weighted by atomic mass is 9.81. The van der Waals surface area contributed by atoms with Crippen molar-refractivity contribution in [1.82, 2.24) is 4.90 Å². The average Bonchev–Trinajstić information content (AvgIpc) is 2.61. The summed E-state index contributed by atoms with van der Waals surface area (Å²) in [6.45, 7) is 11.1. The van der Waals surface area contributed by atoms with Crippen molar-refractivity contribution in [1.29, 1.82) is 0 Å².